The lowest BCUT2D eigenvalue weighted by atomic mass is 10.2. The fourth-order valence-electron chi connectivity index (χ4n) is 2.30. The molecule has 4 aromatic rings. The maximum atomic E-state index is 13.3. The van der Waals surface area contributed by atoms with Gasteiger partial charge in [-0.2, -0.15) is 0 Å². The Labute approximate surface area is 133 Å². The summed E-state index contributed by atoms with van der Waals surface area (Å²) in [4.78, 5) is 20.9. The summed E-state index contributed by atoms with van der Waals surface area (Å²) in [7, 11) is 0. The highest BCUT2D eigenvalue weighted by atomic mass is 32.1. The van der Waals surface area contributed by atoms with E-state index in [0.717, 1.165) is 0 Å². The van der Waals surface area contributed by atoms with Crippen LogP contribution in [0.4, 0.5) is 4.39 Å². The van der Waals surface area contributed by atoms with Crippen molar-refractivity contribution in [2.24, 2.45) is 0 Å². The van der Waals surface area contributed by atoms with E-state index in [-0.39, 0.29) is 17.9 Å². The Bertz CT molecular complexity index is 1050. The van der Waals surface area contributed by atoms with Crippen LogP contribution >= 0.6 is 11.3 Å². The number of oxazole rings is 1. The second-order valence-electron chi connectivity index (χ2n) is 4.97. The SMILES string of the molecule is O=c1c2sccc2ncn1Cc1coc(-c2cccc(F)c2)n1. The van der Waals surface area contributed by atoms with E-state index in [0.29, 0.717) is 27.4 Å². The first kappa shape index (κ1) is 13.8. The van der Waals surface area contributed by atoms with E-state index in [1.54, 1.807) is 12.1 Å². The molecule has 0 unspecified atom stereocenters. The molecule has 0 aliphatic rings. The van der Waals surface area contributed by atoms with Gasteiger partial charge in [-0.3, -0.25) is 9.36 Å². The zero-order chi connectivity index (χ0) is 15.8. The normalized spacial score (nSPS) is 11.2. The molecule has 7 heteroatoms. The standard InChI is InChI=1S/C16H10FN3O2S/c17-11-3-1-2-10(6-11)15-19-12(8-22-15)7-20-9-18-13-4-5-23-14(13)16(20)21/h1-6,8-9H,7H2. The zero-order valence-electron chi connectivity index (χ0n) is 11.8. The van der Waals surface area contributed by atoms with Crippen LogP contribution in [0, 0.1) is 5.82 Å². The molecule has 114 valence electrons. The van der Waals surface area contributed by atoms with Gasteiger partial charge in [0, 0.05) is 5.56 Å². The summed E-state index contributed by atoms with van der Waals surface area (Å²) in [5.41, 5.74) is 1.71. The van der Waals surface area contributed by atoms with Gasteiger partial charge in [0.2, 0.25) is 5.89 Å². The van der Waals surface area contributed by atoms with Crippen molar-refractivity contribution in [3.63, 3.8) is 0 Å². The zero-order valence-corrected chi connectivity index (χ0v) is 12.6. The largest absolute Gasteiger partial charge is 0.444 e. The quantitative estimate of drug-likeness (QED) is 0.579. The monoisotopic (exact) mass is 327 g/mol. The molecule has 3 heterocycles. The van der Waals surface area contributed by atoms with Crippen molar-refractivity contribution in [2.75, 3.05) is 0 Å². The molecular weight excluding hydrogens is 317 g/mol. The van der Waals surface area contributed by atoms with Crippen LogP contribution in [-0.2, 0) is 6.54 Å². The number of halogens is 1. The molecule has 0 bridgehead atoms. The van der Waals surface area contributed by atoms with E-state index in [9.17, 15) is 9.18 Å². The summed E-state index contributed by atoms with van der Waals surface area (Å²) in [6.07, 6.45) is 2.96. The summed E-state index contributed by atoms with van der Waals surface area (Å²) in [6, 6.07) is 7.82. The minimum atomic E-state index is -0.356. The molecule has 0 saturated carbocycles. The van der Waals surface area contributed by atoms with Gasteiger partial charge < -0.3 is 4.42 Å². The molecule has 0 aliphatic carbocycles. The Morgan fingerprint density at radius 3 is 3.09 bits per heavy atom. The number of thiophene rings is 1. The van der Waals surface area contributed by atoms with Gasteiger partial charge in [0.25, 0.3) is 5.56 Å². The van der Waals surface area contributed by atoms with Gasteiger partial charge in [-0.25, -0.2) is 14.4 Å². The second kappa shape index (κ2) is 5.44. The number of nitrogens with zero attached hydrogens (tertiary/aromatic N) is 3. The molecule has 0 spiro atoms. The third kappa shape index (κ3) is 2.55. The van der Waals surface area contributed by atoms with Crippen molar-refractivity contribution in [2.45, 2.75) is 6.54 Å². The van der Waals surface area contributed by atoms with Crippen LogP contribution in [0.1, 0.15) is 5.69 Å². The van der Waals surface area contributed by atoms with Gasteiger partial charge in [0.15, 0.2) is 0 Å². The van der Waals surface area contributed by atoms with Crippen molar-refractivity contribution in [3.8, 4) is 11.5 Å². The maximum absolute atomic E-state index is 13.3. The van der Waals surface area contributed by atoms with Crippen molar-refractivity contribution >= 4 is 21.6 Å². The number of fused-ring (bicyclic) bond motifs is 1. The first-order chi connectivity index (χ1) is 11.2. The van der Waals surface area contributed by atoms with Crippen LogP contribution in [0.25, 0.3) is 21.7 Å². The Balaban J connectivity index is 1.66. The van der Waals surface area contributed by atoms with Crippen LogP contribution in [-0.4, -0.2) is 14.5 Å². The maximum Gasteiger partial charge on any atom is 0.271 e. The Morgan fingerprint density at radius 1 is 1.30 bits per heavy atom. The molecular formula is C16H10FN3O2S. The van der Waals surface area contributed by atoms with Crippen molar-refractivity contribution in [1.82, 2.24) is 14.5 Å². The second-order valence-corrected chi connectivity index (χ2v) is 5.88. The number of rotatable bonds is 3. The molecule has 4 rings (SSSR count). The molecule has 0 saturated heterocycles. The van der Waals surface area contributed by atoms with E-state index < -0.39 is 0 Å². The van der Waals surface area contributed by atoms with Crippen molar-refractivity contribution in [1.29, 1.82) is 0 Å². The average molecular weight is 327 g/mol. The fraction of sp³-hybridized carbons (Fsp3) is 0.0625. The third-order valence-corrected chi connectivity index (χ3v) is 4.28. The fourth-order valence-corrected chi connectivity index (χ4v) is 3.09. The highest BCUT2D eigenvalue weighted by Crippen LogP contribution is 2.20. The molecule has 0 aliphatic heterocycles. The van der Waals surface area contributed by atoms with Gasteiger partial charge >= 0.3 is 0 Å². The topological polar surface area (TPSA) is 60.9 Å². The highest BCUT2D eigenvalue weighted by molar-refractivity contribution is 7.17. The predicted molar refractivity (Wildman–Crippen MR) is 84.9 cm³/mol. The van der Waals surface area contributed by atoms with Gasteiger partial charge in [-0.1, -0.05) is 6.07 Å². The summed E-state index contributed by atoms with van der Waals surface area (Å²) in [6.45, 7) is 0.249. The average Bonchev–Trinajstić information content (AvgIpc) is 3.20. The molecule has 0 N–H and O–H groups in total. The van der Waals surface area contributed by atoms with Gasteiger partial charge in [-0.05, 0) is 29.6 Å². The molecule has 1 aromatic carbocycles. The van der Waals surface area contributed by atoms with Crippen LogP contribution in [0.3, 0.4) is 0 Å². The van der Waals surface area contributed by atoms with Crippen molar-refractivity contribution in [3.05, 3.63) is 70.2 Å². The van der Waals surface area contributed by atoms with E-state index in [1.807, 2.05) is 11.4 Å². The first-order valence-electron chi connectivity index (χ1n) is 6.84. The number of benzene rings is 1. The molecule has 0 amide bonds. The molecule has 23 heavy (non-hydrogen) atoms. The first-order valence-corrected chi connectivity index (χ1v) is 7.72. The van der Waals surface area contributed by atoms with Crippen molar-refractivity contribution < 1.29 is 8.81 Å². The van der Waals surface area contributed by atoms with E-state index in [2.05, 4.69) is 9.97 Å². The minimum Gasteiger partial charge on any atom is -0.444 e. The molecule has 0 radical (unpaired) electrons. The molecule has 3 aromatic heterocycles. The lowest BCUT2D eigenvalue weighted by Crippen LogP contribution is -2.20. The minimum absolute atomic E-state index is 0.111. The third-order valence-electron chi connectivity index (χ3n) is 3.39. The van der Waals surface area contributed by atoms with Crippen LogP contribution in [0.2, 0.25) is 0 Å². The van der Waals surface area contributed by atoms with E-state index in [4.69, 9.17) is 4.42 Å². The Morgan fingerprint density at radius 2 is 2.22 bits per heavy atom. The predicted octanol–water partition coefficient (Wildman–Crippen LogP) is 3.30. The summed E-state index contributed by atoms with van der Waals surface area (Å²) < 4.78 is 20.7. The molecule has 5 nitrogen and oxygen atoms in total. The number of hydrogen-bond donors (Lipinski definition) is 0. The summed E-state index contributed by atoms with van der Waals surface area (Å²) in [5, 5.41) is 1.83. The Kier molecular flexibility index (Phi) is 3.27. The number of hydrogen-bond acceptors (Lipinski definition) is 5. The molecule has 0 atom stereocenters. The summed E-state index contributed by atoms with van der Waals surface area (Å²) in [5.74, 6) is -0.0384. The smallest absolute Gasteiger partial charge is 0.271 e. The lowest BCUT2D eigenvalue weighted by molar-refractivity contribution is 0.569. The van der Waals surface area contributed by atoms with Crippen LogP contribution in [0.5, 0.6) is 0 Å². The van der Waals surface area contributed by atoms with Crippen LogP contribution in [0.15, 0.2) is 57.5 Å². The lowest BCUT2D eigenvalue weighted by Gasteiger charge is -2.01. The Hall–Kier alpha value is -2.80. The summed E-state index contributed by atoms with van der Waals surface area (Å²) >= 11 is 1.36. The van der Waals surface area contributed by atoms with E-state index >= 15 is 0 Å². The van der Waals surface area contributed by atoms with E-state index in [1.165, 1.54) is 40.6 Å². The highest BCUT2D eigenvalue weighted by Gasteiger charge is 2.10. The number of aromatic nitrogens is 3. The van der Waals surface area contributed by atoms with Gasteiger partial charge in [-0.15, -0.1) is 11.3 Å². The molecule has 0 fully saturated rings. The van der Waals surface area contributed by atoms with Gasteiger partial charge in [0.1, 0.15) is 16.8 Å². The van der Waals surface area contributed by atoms with Crippen LogP contribution < -0.4 is 5.56 Å². The van der Waals surface area contributed by atoms with Gasteiger partial charge in [0.05, 0.1) is 24.1 Å².